The Morgan fingerprint density at radius 1 is 1.39 bits per heavy atom. The van der Waals surface area contributed by atoms with E-state index in [0.717, 1.165) is 17.9 Å². The fourth-order valence-electron chi connectivity index (χ4n) is 2.06. The van der Waals surface area contributed by atoms with Crippen molar-refractivity contribution in [1.82, 2.24) is 10.3 Å². The van der Waals surface area contributed by atoms with Crippen LogP contribution in [0, 0.1) is 6.92 Å². The Morgan fingerprint density at radius 2 is 2.17 bits per heavy atom. The van der Waals surface area contributed by atoms with Crippen molar-refractivity contribution in [2.24, 2.45) is 0 Å². The number of likely N-dealkylation sites (N-methyl/N-ethyl adjacent to an activating group) is 1. The van der Waals surface area contributed by atoms with Crippen LogP contribution in [-0.4, -0.2) is 19.1 Å². The summed E-state index contributed by atoms with van der Waals surface area (Å²) in [5, 5.41) is 3.36. The molecule has 2 rings (SSSR count). The molecule has 0 fully saturated rings. The Balaban J connectivity index is 2.23. The van der Waals surface area contributed by atoms with Gasteiger partial charge in [0.2, 0.25) is 0 Å². The zero-order chi connectivity index (χ0) is 13.0. The maximum Gasteiger partial charge on any atom is 0.122 e. The van der Waals surface area contributed by atoms with Crippen molar-refractivity contribution in [2.45, 2.75) is 19.4 Å². The predicted octanol–water partition coefficient (Wildman–Crippen LogP) is 2.96. The van der Waals surface area contributed by atoms with E-state index in [0.29, 0.717) is 0 Å². The van der Waals surface area contributed by atoms with Gasteiger partial charge in [0, 0.05) is 10.9 Å². The fourth-order valence-corrected chi connectivity index (χ4v) is 2.98. The van der Waals surface area contributed by atoms with E-state index in [1.807, 2.05) is 30.8 Å². The highest BCUT2D eigenvalue weighted by Gasteiger charge is 2.16. The van der Waals surface area contributed by atoms with Gasteiger partial charge in [0.15, 0.2) is 0 Å². The molecule has 3 nitrogen and oxygen atoms in total. The minimum atomic E-state index is 0.286. The smallest absolute Gasteiger partial charge is 0.122 e. The Morgan fingerprint density at radius 3 is 2.78 bits per heavy atom. The Kier molecular flexibility index (Phi) is 4.33. The van der Waals surface area contributed by atoms with E-state index in [-0.39, 0.29) is 6.04 Å². The van der Waals surface area contributed by atoms with Gasteiger partial charge in [0.05, 0.1) is 18.3 Å². The van der Waals surface area contributed by atoms with Crippen LogP contribution in [0.15, 0.2) is 29.8 Å². The number of aromatic nitrogens is 1. The van der Waals surface area contributed by atoms with E-state index < -0.39 is 0 Å². The molecule has 1 aromatic carbocycles. The van der Waals surface area contributed by atoms with Crippen molar-refractivity contribution >= 4 is 11.3 Å². The van der Waals surface area contributed by atoms with Crippen molar-refractivity contribution in [3.8, 4) is 5.75 Å². The van der Waals surface area contributed by atoms with Crippen LogP contribution in [-0.2, 0) is 6.42 Å². The molecule has 96 valence electrons. The minimum Gasteiger partial charge on any atom is -0.496 e. The lowest BCUT2D eigenvalue weighted by atomic mass is 10.0. The third-order valence-corrected chi connectivity index (χ3v) is 4.11. The molecular formula is C14H18N2OS. The Labute approximate surface area is 112 Å². The van der Waals surface area contributed by atoms with Gasteiger partial charge in [0.1, 0.15) is 5.75 Å². The van der Waals surface area contributed by atoms with Gasteiger partial charge in [-0.25, -0.2) is 4.98 Å². The number of hydrogen-bond acceptors (Lipinski definition) is 4. The highest BCUT2D eigenvalue weighted by molar-refractivity contribution is 7.09. The Bertz CT molecular complexity index is 510. The molecule has 0 radical (unpaired) electrons. The fraction of sp³-hybridized carbons (Fsp3) is 0.357. The predicted molar refractivity (Wildman–Crippen MR) is 75.3 cm³/mol. The second-order valence-electron chi connectivity index (χ2n) is 4.16. The van der Waals surface area contributed by atoms with Crippen LogP contribution < -0.4 is 10.1 Å². The molecule has 0 aliphatic rings. The van der Waals surface area contributed by atoms with Crippen LogP contribution in [0.1, 0.15) is 22.2 Å². The van der Waals surface area contributed by atoms with Crippen LogP contribution in [0.5, 0.6) is 5.75 Å². The number of rotatable bonds is 5. The number of para-hydroxylation sites is 1. The lowest BCUT2D eigenvalue weighted by molar-refractivity contribution is 0.406. The standard InChI is InChI=1S/C14H18N2OS/c1-10-14(18-9-16-10)12(15-2)8-11-6-4-5-7-13(11)17-3/h4-7,9,12,15H,8H2,1-3H3. The van der Waals surface area contributed by atoms with Crippen LogP contribution in [0.4, 0.5) is 0 Å². The second-order valence-corrected chi connectivity index (χ2v) is 5.05. The first-order valence-corrected chi connectivity index (χ1v) is 6.83. The molecule has 0 amide bonds. The molecule has 4 heteroatoms. The van der Waals surface area contributed by atoms with Gasteiger partial charge in [-0.05, 0) is 32.0 Å². The molecular weight excluding hydrogens is 244 g/mol. The van der Waals surface area contributed by atoms with Gasteiger partial charge < -0.3 is 10.1 Å². The van der Waals surface area contributed by atoms with Crippen molar-refractivity contribution in [3.05, 3.63) is 45.9 Å². The van der Waals surface area contributed by atoms with Crippen molar-refractivity contribution in [1.29, 1.82) is 0 Å². The number of nitrogens with zero attached hydrogens (tertiary/aromatic N) is 1. The van der Waals surface area contributed by atoms with Crippen molar-refractivity contribution < 1.29 is 4.74 Å². The normalized spacial score (nSPS) is 12.4. The van der Waals surface area contributed by atoms with Gasteiger partial charge in [-0.2, -0.15) is 0 Å². The second kappa shape index (κ2) is 5.98. The van der Waals surface area contributed by atoms with Gasteiger partial charge >= 0.3 is 0 Å². The monoisotopic (exact) mass is 262 g/mol. The van der Waals surface area contributed by atoms with Crippen LogP contribution in [0.25, 0.3) is 0 Å². The first-order chi connectivity index (χ1) is 8.76. The zero-order valence-electron chi connectivity index (χ0n) is 10.9. The summed E-state index contributed by atoms with van der Waals surface area (Å²) in [4.78, 5) is 5.61. The number of methoxy groups -OCH3 is 1. The van der Waals surface area contributed by atoms with Crippen molar-refractivity contribution in [3.63, 3.8) is 0 Å². The van der Waals surface area contributed by atoms with Crippen LogP contribution >= 0.6 is 11.3 Å². The van der Waals surface area contributed by atoms with Crippen LogP contribution in [0.2, 0.25) is 0 Å². The highest BCUT2D eigenvalue weighted by atomic mass is 32.1. The van der Waals surface area contributed by atoms with E-state index >= 15 is 0 Å². The molecule has 0 saturated carbocycles. The SMILES string of the molecule is CNC(Cc1ccccc1OC)c1scnc1C. The molecule has 1 N–H and O–H groups in total. The number of hydrogen-bond donors (Lipinski definition) is 1. The molecule has 18 heavy (non-hydrogen) atoms. The molecule has 0 spiro atoms. The lowest BCUT2D eigenvalue weighted by Crippen LogP contribution is -2.19. The number of benzene rings is 1. The summed E-state index contributed by atoms with van der Waals surface area (Å²) >= 11 is 1.70. The molecule has 1 atom stereocenters. The topological polar surface area (TPSA) is 34.1 Å². The molecule has 1 heterocycles. The molecule has 1 aromatic heterocycles. The average Bonchev–Trinajstić information content (AvgIpc) is 2.82. The third-order valence-electron chi connectivity index (χ3n) is 3.06. The van der Waals surface area contributed by atoms with Crippen molar-refractivity contribution in [2.75, 3.05) is 14.2 Å². The molecule has 0 aliphatic heterocycles. The highest BCUT2D eigenvalue weighted by Crippen LogP contribution is 2.28. The van der Waals surface area contributed by atoms with Crippen LogP contribution in [0.3, 0.4) is 0 Å². The molecule has 0 bridgehead atoms. The zero-order valence-corrected chi connectivity index (χ0v) is 11.8. The molecule has 2 aromatic rings. The maximum atomic E-state index is 5.40. The van der Waals surface area contributed by atoms with E-state index in [1.54, 1.807) is 18.4 Å². The summed E-state index contributed by atoms with van der Waals surface area (Å²) in [5.41, 5.74) is 4.22. The molecule has 0 aliphatic carbocycles. The maximum absolute atomic E-state index is 5.40. The minimum absolute atomic E-state index is 0.286. The first-order valence-electron chi connectivity index (χ1n) is 5.95. The Hall–Kier alpha value is -1.39. The number of thiazole rings is 1. The van der Waals surface area contributed by atoms with Gasteiger partial charge in [-0.1, -0.05) is 18.2 Å². The number of ether oxygens (including phenoxy) is 1. The molecule has 1 unspecified atom stereocenters. The summed E-state index contributed by atoms with van der Waals surface area (Å²) in [5.74, 6) is 0.944. The largest absolute Gasteiger partial charge is 0.496 e. The van der Waals surface area contributed by atoms with E-state index in [2.05, 4.69) is 23.3 Å². The summed E-state index contributed by atoms with van der Waals surface area (Å²) in [6, 6.07) is 8.44. The van der Waals surface area contributed by atoms with E-state index in [4.69, 9.17) is 4.74 Å². The third kappa shape index (κ3) is 2.71. The number of nitrogens with one attached hydrogen (secondary N) is 1. The summed E-state index contributed by atoms with van der Waals surface area (Å²) in [6.45, 7) is 2.05. The number of aryl methyl sites for hydroxylation is 1. The van der Waals surface area contributed by atoms with Gasteiger partial charge in [0.25, 0.3) is 0 Å². The van der Waals surface area contributed by atoms with Gasteiger partial charge in [-0.15, -0.1) is 11.3 Å². The quantitative estimate of drug-likeness (QED) is 0.899. The summed E-state index contributed by atoms with van der Waals surface area (Å²) in [6.07, 6.45) is 0.906. The molecule has 0 saturated heterocycles. The summed E-state index contributed by atoms with van der Waals surface area (Å²) < 4.78 is 5.40. The first kappa shape index (κ1) is 13.1. The van der Waals surface area contributed by atoms with Gasteiger partial charge in [-0.3, -0.25) is 0 Å². The summed E-state index contributed by atoms with van der Waals surface area (Å²) in [7, 11) is 3.70. The van der Waals surface area contributed by atoms with E-state index in [1.165, 1.54) is 10.4 Å². The average molecular weight is 262 g/mol. The lowest BCUT2D eigenvalue weighted by Gasteiger charge is -2.17. The van der Waals surface area contributed by atoms with E-state index in [9.17, 15) is 0 Å².